The Balaban J connectivity index is 3.38. The lowest BCUT2D eigenvalue weighted by Crippen LogP contribution is -2.35. The van der Waals surface area contributed by atoms with Gasteiger partial charge in [0.15, 0.2) is 0 Å². The molecule has 0 aromatic rings. The number of unbranched alkanes of at least 4 members (excludes halogenated alkanes) is 1. The highest BCUT2D eigenvalue weighted by atomic mass is 16.5. The van der Waals surface area contributed by atoms with Crippen LogP contribution in [0.25, 0.3) is 0 Å². The van der Waals surface area contributed by atoms with Crippen LogP contribution in [0.4, 0.5) is 0 Å². The molecule has 0 fully saturated rings. The third-order valence-corrected chi connectivity index (χ3v) is 1.64. The number of rotatable bonds is 7. The Bertz CT molecular complexity index is 139. The van der Waals surface area contributed by atoms with Crippen LogP contribution >= 0.6 is 0 Å². The Labute approximate surface area is 79.3 Å². The second kappa shape index (κ2) is 8.01. The minimum atomic E-state index is 0.0259. The summed E-state index contributed by atoms with van der Waals surface area (Å²) in [6.07, 6.45) is 1.91. The summed E-state index contributed by atoms with van der Waals surface area (Å²) in [5, 5.41) is 11.3. The van der Waals surface area contributed by atoms with Gasteiger partial charge in [0, 0.05) is 26.2 Å². The van der Waals surface area contributed by atoms with E-state index in [1.807, 2.05) is 6.92 Å². The van der Waals surface area contributed by atoms with Gasteiger partial charge < -0.3 is 15.2 Å². The fourth-order valence-electron chi connectivity index (χ4n) is 1.04. The number of hydrogen-bond acceptors (Lipinski definition) is 3. The van der Waals surface area contributed by atoms with Gasteiger partial charge in [0.1, 0.15) is 0 Å². The summed E-state index contributed by atoms with van der Waals surface area (Å²) < 4.78 is 4.88. The maximum absolute atomic E-state index is 11.2. The standard InChI is InChI=1S/C9H19NO3/c1-8(7-13-2)10-9(12)5-3-4-6-11/h8,11H,3-7H2,1-2H3,(H,10,12). The molecule has 13 heavy (non-hydrogen) atoms. The van der Waals surface area contributed by atoms with E-state index in [4.69, 9.17) is 9.84 Å². The summed E-state index contributed by atoms with van der Waals surface area (Å²) in [5.74, 6) is 0.0259. The first-order valence-electron chi connectivity index (χ1n) is 4.60. The van der Waals surface area contributed by atoms with Crippen molar-refractivity contribution in [3.05, 3.63) is 0 Å². The van der Waals surface area contributed by atoms with Crippen LogP contribution in [0, 0.1) is 0 Å². The highest BCUT2D eigenvalue weighted by molar-refractivity contribution is 5.76. The highest BCUT2D eigenvalue weighted by Crippen LogP contribution is 1.94. The molecule has 0 aliphatic carbocycles. The molecule has 0 heterocycles. The molecule has 0 aliphatic rings. The van der Waals surface area contributed by atoms with Gasteiger partial charge in [0.05, 0.1) is 6.61 Å². The second-order valence-corrected chi connectivity index (χ2v) is 3.10. The molecule has 0 rings (SSSR count). The molecule has 0 saturated carbocycles. The number of aliphatic hydroxyl groups is 1. The van der Waals surface area contributed by atoms with Crippen molar-refractivity contribution in [3.8, 4) is 0 Å². The van der Waals surface area contributed by atoms with Gasteiger partial charge in [-0.25, -0.2) is 0 Å². The molecule has 2 N–H and O–H groups in total. The lowest BCUT2D eigenvalue weighted by Gasteiger charge is -2.12. The number of hydrogen-bond donors (Lipinski definition) is 2. The fraction of sp³-hybridized carbons (Fsp3) is 0.889. The number of methoxy groups -OCH3 is 1. The van der Waals surface area contributed by atoms with E-state index >= 15 is 0 Å². The van der Waals surface area contributed by atoms with Crippen LogP contribution in [0.1, 0.15) is 26.2 Å². The Morgan fingerprint density at radius 3 is 2.77 bits per heavy atom. The van der Waals surface area contributed by atoms with E-state index in [0.717, 1.165) is 6.42 Å². The molecule has 1 unspecified atom stereocenters. The van der Waals surface area contributed by atoms with E-state index in [1.54, 1.807) is 7.11 Å². The third kappa shape index (κ3) is 7.74. The van der Waals surface area contributed by atoms with E-state index in [9.17, 15) is 4.79 Å². The summed E-state index contributed by atoms with van der Waals surface area (Å²) >= 11 is 0. The van der Waals surface area contributed by atoms with E-state index < -0.39 is 0 Å². The number of nitrogens with one attached hydrogen (secondary N) is 1. The van der Waals surface area contributed by atoms with Crippen molar-refractivity contribution in [1.82, 2.24) is 5.32 Å². The lowest BCUT2D eigenvalue weighted by molar-refractivity contribution is -0.122. The summed E-state index contributed by atoms with van der Waals surface area (Å²) in [4.78, 5) is 11.2. The lowest BCUT2D eigenvalue weighted by atomic mass is 10.2. The zero-order chi connectivity index (χ0) is 10.1. The van der Waals surface area contributed by atoms with Crippen LogP contribution in [-0.4, -0.2) is 37.4 Å². The molecule has 0 aliphatic heterocycles. The van der Waals surface area contributed by atoms with Crippen molar-refractivity contribution in [1.29, 1.82) is 0 Å². The SMILES string of the molecule is COCC(C)NC(=O)CCCCO. The Morgan fingerprint density at radius 1 is 1.54 bits per heavy atom. The monoisotopic (exact) mass is 189 g/mol. The van der Waals surface area contributed by atoms with E-state index in [2.05, 4.69) is 5.32 Å². The van der Waals surface area contributed by atoms with Crippen LogP contribution in [0.15, 0.2) is 0 Å². The maximum atomic E-state index is 11.2. The van der Waals surface area contributed by atoms with Crippen molar-refractivity contribution in [3.63, 3.8) is 0 Å². The smallest absolute Gasteiger partial charge is 0.220 e. The topological polar surface area (TPSA) is 58.6 Å². The molecule has 0 radical (unpaired) electrons. The highest BCUT2D eigenvalue weighted by Gasteiger charge is 2.05. The van der Waals surface area contributed by atoms with Crippen LogP contribution in [-0.2, 0) is 9.53 Å². The zero-order valence-electron chi connectivity index (χ0n) is 8.38. The largest absolute Gasteiger partial charge is 0.396 e. The van der Waals surface area contributed by atoms with Gasteiger partial charge in [-0.1, -0.05) is 0 Å². The van der Waals surface area contributed by atoms with Crippen molar-refractivity contribution in [2.45, 2.75) is 32.2 Å². The average molecular weight is 189 g/mol. The van der Waals surface area contributed by atoms with E-state index in [-0.39, 0.29) is 18.6 Å². The van der Waals surface area contributed by atoms with Gasteiger partial charge in [-0.2, -0.15) is 0 Å². The summed E-state index contributed by atoms with van der Waals surface area (Å²) in [7, 11) is 1.61. The Hall–Kier alpha value is -0.610. The van der Waals surface area contributed by atoms with Crippen LogP contribution in [0.2, 0.25) is 0 Å². The zero-order valence-corrected chi connectivity index (χ0v) is 8.38. The fourth-order valence-corrected chi connectivity index (χ4v) is 1.04. The van der Waals surface area contributed by atoms with Crippen molar-refractivity contribution in [2.75, 3.05) is 20.3 Å². The molecule has 78 valence electrons. The van der Waals surface area contributed by atoms with Gasteiger partial charge in [-0.3, -0.25) is 4.79 Å². The third-order valence-electron chi connectivity index (χ3n) is 1.64. The first-order chi connectivity index (χ1) is 6.20. The summed E-state index contributed by atoms with van der Waals surface area (Å²) in [6, 6.07) is 0.0617. The molecule has 1 atom stereocenters. The van der Waals surface area contributed by atoms with Crippen molar-refractivity contribution < 1.29 is 14.6 Å². The normalized spacial score (nSPS) is 12.5. The van der Waals surface area contributed by atoms with E-state index in [0.29, 0.717) is 19.4 Å². The number of amides is 1. The van der Waals surface area contributed by atoms with Gasteiger partial charge in [-0.15, -0.1) is 0 Å². The van der Waals surface area contributed by atoms with Crippen molar-refractivity contribution >= 4 is 5.91 Å². The van der Waals surface area contributed by atoms with Crippen LogP contribution < -0.4 is 5.32 Å². The molecule has 0 aromatic carbocycles. The summed E-state index contributed by atoms with van der Waals surface area (Å²) in [6.45, 7) is 2.58. The molecule has 0 aromatic heterocycles. The molecule has 1 amide bonds. The number of aliphatic hydroxyl groups excluding tert-OH is 1. The van der Waals surface area contributed by atoms with Gasteiger partial charge in [0.25, 0.3) is 0 Å². The number of ether oxygens (including phenoxy) is 1. The molecular weight excluding hydrogens is 170 g/mol. The van der Waals surface area contributed by atoms with Gasteiger partial charge in [0.2, 0.25) is 5.91 Å². The van der Waals surface area contributed by atoms with E-state index in [1.165, 1.54) is 0 Å². The predicted molar refractivity (Wildman–Crippen MR) is 50.4 cm³/mol. The Morgan fingerprint density at radius 2 is 2.23 bits per heavy atom. The van der Waals surface area contributed by atoms with Crippen LogP contribution in [0.5, 0.6) is 0 Å². The maximum Gasteiger partial charge on any atom is 0.220 e. The molecule has 0 saturated heterocycles. The minimum Gasteiger partial charge on any atom is -0.396 e. The first kappa shape index (κ1) is 12.4. The molecule has 0 spiro atoms. The number of carbonyl (C=O) groups is 1. The summed E-state index contributed by atoms with van der Waals surface area (Å²) in [5.41, 5.74) is 0. The van der Waals surface area contributed by atoms with Gasteiger partial charge >= 0.3 is 0 Å². The molecule has 0 bridgehead atoms. The van der Waals surface area contributed by atoms with Crippen molar-refractivity contribution in [2.24, 2.45) is 0 Å². The molecular formula is C9H19NO3. The second-order valence-electron chi connectivity index (χ2n) is 3.10. The minimum absolute atomic E-state index is 0.0259. The van der Waals surface area contributed by atoms with Crippen LogP contribution in [0.3, 0.4) is 0 Å². The average Bonchev–Trinajstić information content (AvgIpc) is 2.05. The Kier molecular flexibility index (Phi) is 7.63. The quantitative estimate of drug-likeness (QED) is 0.566. The molecule has 4 nitrogen and oxygen atoms in total. The first-order valence-corrected chi connectivity index (χ1v) is 4.60. The number of carbonyl (C=O) groups excluding carboxylic acids is 1. The van der Waals surface area contributed by atoms with Gasteiger partial charge in [-0.05, 0) is 19.8 Å². The molecule has 4 heteroatoms. The predicted octanol–water partition coefficient (Wildman–Crippen LogP) is 0.300.